The number of aromatic nitrogens is 2. The summed E-state index contributed by atoms with van der Waals surface area (Å²) in [7, 11) is 0. The minimum Gasteiger partial charge on any atom is -0.457 e. The number of rotatable bonds is 7. The second kappa shape index (κ2) is 8.40. The van der Waals surface area contributed by atoms with Crippen LogP contribution in [0.4, 0.5) is 0 Å². The number of benzene rings is 2. The third kappa shape index (κ3) is 4.77. The van der Waals surface area contributed by atoms with Crippen LogP contribution in [0.5, 0.6) is 0 Å². The molecule has 0 atom stereocenters. The number of carbonyl (C=O) groups is 2. The van der Waals surface area contributed by atoms with Crippen LogP contribution in [0.15, 0.2) is 59.1 Å². The van der Waals surface area contributed by atoms with Crippen molar-refractivity contribution in [1.29, 1.82) is 0 Å². The molecule has 0 saturated heterocycles. The fourth-order valence-electron chi connectivity index (χ4n) is 2.22. The van der Waals surface area contributed by atoms with Crippen molar-refractivity contribution in [2.75, 3.05) is 0 Å². The summed E-state index contributed by atoms with van der Waals surface area (Å²) >= 11 is 5.83. The first-order valence-electron chi connectivity index (χ1n) is 7.94. The Morgan fingerprint density at radius 2 is 1.73 bits per heavy atom. The van der Waals surface area contributed by atoms with E-state index in [9.17, 15) is 9.59 Å². The highest BCUT2D eigenvalue weighted by Gasteiger charge is 2.13. The van der Waals surface area contributed by atoms with Crippen LogP contribution in [0.1, 0.15) is 29.0 Å². The lowest BCUT2D eigenvalue weighted by Gasteiger charge is -2.02. The normalized spacial score (nSPS) is 10.5. The smallest absolute Gasteiger partial charge is 0.306 e. The number of Topliss-reactive ketones (excluding diaryl/α,β-unsaturated/α-hetero) is 1. The highest BCUT2D eigenvalue weighted by Crippen LogP contribution is 2.19. The van der Waals surface area contributed by atoms with Gasteiger partial charge in [-0.05, 0) is 24.3 Å². The van der Waals surface area contributed by atoms with E-state index in [1.165, 1.54) is 0 Å². The number of esters is 1. The number of carbonyl (C=O) groups excluding carboxylic acids is 2. The van der Waals surface area contributed by atoms with Crippen LogP contribution in [0.25, 0.3) is 11.5 Å². The van der Waals surface area contributed by atoms with E-state index in [0.29, 0.717) is 22.0 Å². The molecule has 0 unspecified atom stereocenters. The van der Waals surface area contributed by atoms with Gasteiger partial charge in [-0.1, -0.05) is 47.1 Å². The standard InChI is InChI=1S/C19H15ClN2O4/c20-15-8-6-14(7-9-15)19-21-17(22-26-19)12-25-18(24)11-10-16(23)13-4-2-1-3-5-13/h1-9H,10-12H2. The van der Waals surface area contributed by atoms with E-state index in [4.69, 9.17) is 20.9 Å². The Labute approximate surface area is 154 Å². The number of ether oxygens (including phenoxy) is 1. The van der Waals surface area contributed by atoms with Gasteiger partial charge in [0, 0.05) is 22.6 Å². The van der Waals surface area contributed by atoms with Crippen molar-refractivity contribution in [3.63, 3.8) is 0 Å². The summed E-state index contributed by atoms with van der Waals surface area (Å²) in [6.45, 7) is -0.116. The first kappa shape index (κ1) is 17.8. The van der Waals surface area contributed by atoms with Crippen LogP contribution >= 0.6 is 11.6 Å². The van der Waals surface area contributed by atoms with Crippen molar-refractivity contribution < 1.29 is 18.8 Å². The number of hydrogen-bond donors (Lipinski definition) is 0. The molecule has 1 heterocycles. The molecule has 132 valence electrons. The molecule has 26 heavy (non-hydrogen) atoms. The molecule has 1 aromatic heterocycles. The van der Waals surface area contributed by atoms with Gasteiger partial charge in [-0.15, -0.1) is 0 Å². The molecule has 2 aromatic carbocycles. The number of ketones is 1. The molecule has 0 aliphatic rings. The average Bonchev–Trinajstić information content (AvgIpc) is 3.14. The molecular weight excluding hydrogens is 356 g/mol. The van der Waals surface area contributed by atoms with E-state index in [1.54, 1.807) is 48.5 Å². The second-order valence-corrected chi connectivity index (χ2v) is 5.91. The van der Waals surface area contributed by atoms with E-state index in [2.05, 4.69) is 10.1 Å². The van der Waals surface area contributed by atoms with Gasteiger partial charge < -0.3 is 9.26 Å². The Morgan fingerprint density at radius 3 is 2.46 bits per heavy atom. The summed E-state index contributed by atoms with van der Waals surface area (Å²) in [4.78, 5) is 27.9. The van der Waals surface area contributed by atoms with Crippen LogP contribution in [-0.2, 0) is 16.1 Å². The van der Waals surface area contributed by atoms with Crippen molar-refractivity contribution in [3.05, 3.63) is 71.0 Å². The molecular formula is C19H15ClN2O4. The van der Waals surface area contributed by atoms with E-state index in [-0.39, 0.29) is 31.1 Å². The Balaban J connectivity index is 1.47. The summed E-state index contributed by atoms with van der Waals surface area (Å²) in [6, 6.07) is 15.7. The number of hydrogen-bond acceptors (Lipinski definition) is 6. The van der Waals surface area contributed by atoms with Gasteiger partial charge in [0.15, 0.2) is 12.4 Å². The van der Waals surface area contributed by atoms with E-state index in [0.717, 1.165) is 0 Å². The Kier molecular flexibility index (Phi) is 5.76. The van der Waals surface area contributed by atoms with Crippen molar-refractivity contribution >= 4 is 23.4 Å². The Bertz CT molecular complexity index is 891. The third-order valence-electron chi connectivity index (χ3n) is 3.57. The van der Waals surface area contributed by atoms with Gasteiger partial charge in [0.1, 0.15) is 0 Å². The monoisotopic (exact) mass is 370 g/mol. The quantitative estimate of drug-likeness (QED) is 0.460. The SMILES string of the molecule is O=C(CCC(=O)c1ccccc1)OCc1noc(-c2ccc(Cl)cc2)n1. The molecule has 7 heteroatoms. The highest BCUT2D eigenvalue weighted by atomic mass is 35.5. The second-order valence-electron chi connectivity index (χ2n) is 5.47. The van der Waals surface area contributed by atoms with Gasteiger partial charge in [-0.25, -0.2) is 0 Å². The van der Waals surface area contributed by atoms with E-state index in [1.807, 2.05) is 6.07 Å². The summed E-state index contributed by atoms with van der Waals surface area (Å²) in [5, 5.41) is 4.37. The summed E-state index contributed by atoms with van der Waals surface area (Å²) in [5.41, 5.74) is 1.29. The molecule has 0 bridgehead atoms. The number of nitrogens with zero attached hydrogens (tertiary/aromatic N) is 2. The molecule has 6 nitrogen and oxygen atoms in total. The average molecular weight is 371 g/mol. The Morgan fingerprint density at radius 1 is 1.00 bits per heavy atom. The number of halogens is 1. The predicted octanol–water partition coefficient (Wildman–Crippen LogP) is 4.10. The lowest BCUT2D eigenvalue weighted by molar-refractivity contribution is -0.145. The maximum atomic E-state index is 12.0. The predicted molar refractivity (Wildman–Crippen MR) is 94.5 cm³/mol. The van der Waals surface area contributed by atoms with Gasteiger partial charge in [-0.2, -0.15) is 4.98 Å². The first-order chi connectivity index (χ1) is 12.6. The maximum Gasteiger partial charge on any atom is 0.306 e. The molecule has 0 fully saturated rings. The van der Waals surface area contributed by atoms with E-state index < -0.39 is 5.97 Å². The van der Waals surface area contributed by atoms with Crippen LogP contribution in [0.2, 0.25) is 5.02 Å². The van der Waals surface area contributed by atoms with Gasteiger partial charge in [0.2, 0.25) is 5.82 Å². The van der Waals surface area contributed by atoms with Crippen molar-refractivity contribution in [1.82, 2.24) is 10.1 Å². The summed E-state index contributed by atoms with van der Waals surface area (Å²) in [5.74, 6) is -0.0380. The topological polar surface area (TPSA) is 82.3 Å². The highest BCUT2D eigenvalue weighted by molar-refractivity contribution is 6.30. The largest absolute Gasteiger partial charge is 0.457 e. The molecule has 0 aliphatic carbocycles. The van der Waals surface area contributed by atoms with Gasteiger partial charge in [-0.3, -0.25) is 9.59 Å². The summed E-state index contributed by atoms with van der Waals surface area (Å²) < 4.78 is 10.2. The third-order valence-corrected chi connectivity index (χ3v) is 3.83. The molecule has 3 aromatic rings. The maximum absolute atomic E-state index is 12.0. The van der Waals surface area contributed by atoms with Crippen molar-refractivity contribution in [2.45, 2.75) is 19.4 Å². The molecule has 0 spiro atoms. The fourth-order valence-corrected chi connectivity index (χ4v) is 2.35. The van der Waals surface area contributed by atoms with Crippen LogP contribution in [-0.4, -0.2) is 21.9 Å². The van der Waals surface area contributed by atoms with Gasteiger partial charge in [0.25, 0.3) is 5.89 Å². The molecule has 0 amide bonds. The van der Waals surface area contributed by atoms with Gasteiger partial charge >= 0.3 is 5.97 Å². The molecule has 3 rings (SSSR count). The molecule has 0 aliphatic heterocycles. The molecule has 0 radical (unpaired) electrons. The van der Waals surface area contributed by atoms with Crippen LogP contribution in [0.3, 0.4) is 0 Å². The van der Waals surface area contributed by atoms with Crippen molar-refractivity contribution in [2.24, 2.45) is 0 Å². The van der Waals surface area contributed by atoms with Crippen LogP contribution < -0.4 is 0 Å². The zero-order chi connectivity index (χ0) is 18.4. The lowest BCUT2D eigenvalue weighted by Crippen LogP contribution is -2.08. The van der Waals surface area contributed by atoms with Gasteiger partial charge in [0.05, 0.1) is 6.42 Å². The molecule has 0 N–H and O–H groups in total. The minimum atomic E-state index is -0.493. The fraction of sp³-hybridized carbons (Fsp3) is 0.158. The first-order valence-corrected chi connectivity index (χ1v) is 8.32. The zero-order valence-electron chi connectivity index (χ0n) is 13.7. The lowest BCUT2D eigenvalue weighted by atomic mass is 10.1. The molecule has 0 saturated carbocycles. The van der Waals surface area contributed by atoms with Crippen molar-refractivity contribution in [3.8, 4) is 11.5 Å². The zero-order valence-corrected chi connectivity index (χ0v) is 14.5. The summed E-state index contributed by atoms with van der Waals surface area (Å²) in [6.07, 6.45) is 0.0841. The minimum absolute atomic E-state index is 0.00434. The van der Waals surface area contributed by atoms with E-state index >= 15 is 0 Å². The van der Waals surface area contributed by atoms with Crippen LogP contribution in [0, 0.1) is 0 Å². The Hall–Kier alpha value is -2.99.